The number of hydrogen-bond acceptors (Lipinski definition) is 8. The van der Waals surface area contributed by atoms with Gasteiger partial charge in [-0.25, -0.2) is 0 Å². The molecule has 0 bridgehead atoms. The van der Waals surface area contributed by atoms with Gasteiger partial charge in [0.1, 0.15) is 18.5 Å². The average molecular weight is 571 g/mol. The van der Waals surface area contributed by atoms with Crippen molar-refractivity contribution < 1.29 is 28.6 Å². The van der Waals surface area contributed by atoms with Gasteiger partial charge in [-0.15, -0.1) is 11.3 Å². The molecular formula is C29H38N4O6S. The van der Waals surface area contributed by atoms with Crippen LogP contribution in [0, 0.1) is 0 Å². The lowest BCUT2D eigenvalue weighted by Crippen LogP contribution is -2.54. The molecule has 3 aliphatic rings. The fraction of sp³-hybridized carbons (Fsp3) is 0.552. The summed E-state index contributed by atoms with van der Waals surface area (Å²) >= 11 is 1.53. The van der Waals surface area contributed by atoms with Crippen molar-refractivity contribution in [2.75, 3.05) is 58.4 Å². The molecule has 3 aliphatic heterocycles. The summed E-state index contributed by atoms with van der Waals surface area (Å²) in [6.07, 6.45) is 2.34. The van der Waals surface area contributed by atoms with Crippen LogP contribution in [-0.2, 0) is 25.5 Å². The molecule has 1 aromatic heterocycles. The first-order chi connectivity index (χ1) is 19.5. The molecule has 0 spiro atoms. The van der Waals surface area contributed by atoms with Gasteiger partial charge in [-0.2, -0.15) is 0 Å². The van der Waals surface area contributed by atoms with Crippen LogP contribution < -0.4 is 15.4 Å². The third-order valence-corrected chi connectivity index (χ3v) is 8.58. The molecule has 1 aromatic carbocycles. The number of fused-ring (bicyclic) bond motifs is 2. The average Bonchev–Trinajstić information content (AvgIpc) is 3.47. The van der Waals surface area contributed by atoms with E-state index in [0.717, 1.165) is 50.6 Å². The van der Waals surface area contributed by atoms with Crippen LogP contribution in [0.15, 0.2) is 35.7 Å². The second kappa shape index (κ2) is 13.6. The maximum Gasteiger partial charge on any atom is 0.257 e. The first kappa shape index (κ1) is 28.5. The molecule has 216 valence electrons. The summed E-state index contributed by atoms with van der Waals surface area (Å²) < 4.78 is 17.7. The third kappa shape index (κ3) is 7.39. The number of amides is 3. The number of anilines is 1. The second-order valence-corrected chi connectivity index (χ2v) is 11.6. The molecule has 0 radical (unpaired) electrons. The van der Waals surface area contributed by atoms with Gasteiger partial charge in [0.15, 0.2) is 0 Å². The molecular weight excluding hydrogens is 532 g/mol. The van der Waals surface area contributed by atoms with Crippen LogP contribution in [0.25, 0.3) is 0 Å². The van der Waals surface area contributed by atoms with Crippen molar-refractivity contribution >= 4 is 34.7 Å². The number of nitrogens with zero attached hydrogens (tertiary/aromatic N) is 2. The van der Waals surface area contributed by atoms with E-state index in [1.807, 2.05) is 17.5 Å². The van der Waals surface area contributed by atoms with Crippen molar-refractivity contribution in [3.63, 3.8) is 0 Å². The molecule has 2 fully saturated rings. The first-order valence-corrected chi connectivity index (χ1v) is 14.9. The fourth-order valence-corrected chi connectivity index (χ4v) is 6.22. The minimum absolute atomic E-state index is 0.0133. The van der Waals surface area contributed by atoms with Crippen molar-refractivity contribution in [3.8, 4) is 5.75 Å². The van der Waals surface area contributed by atoms with Gasteiger partial charge in [0.05, 0.1) is 43.8 Å². The van der Waals surface area contributed by atoms with Gasteiger partial charge in [0.2, 0.25) is 11.8 Å². The summed E-state index contributed by atoms with van der Waals surface area (Å²) in [4.78, 5) is 43.6. The Bertz CT molecular complexity index is 1170. The Kier molecular flexibility index (Phi) is 9.69. The van der Waals surface area contributed by atoms with Gasteiger partial charge < -0.3 is 29.7 Å². The van der Waals surface area contributed by atoms with Crippen molar-refractivity contribution in [2.24, 2.45) is 0 Å². The lowest BCUT2D eigenvalue weighted by Gasteiger charge is -2.42. The molecule has 5 rings (SSSR count). The predicted molar refractivity (Wildman–Crippen MR) is 152 cm³/mol. The van der Waals surface area contributed by atoms with Crippen molar-refractivity contribution in [2.45, 2.75) is 50.4 Å². The Morgan fingerprint density at radius 3 is 2.77 bits per heavy atom. The summed E-state index contributed by atoms with van der Waals surface area (Å²) in [5.41, 5.74) is 0.965. The quantitative estimate of drug-likeness (QED) is 0.446. The fourth-order valence-electron chi connectivity index (χ4n) is 5.52. The van der Waals surface area contributed by atoms with E-state index in [4.69, 9.17) is 14.2 Å². The van der Waals surface area contributed by atoms with Crippen LogP contribution in [-0.4, -0.2) is 98.8 Å². The lowest BCUT2D eigenvalue weighted by molar-refractivity contribution is -0.134. The zero-order valence-corrected chi connectivity index (χ0v) is 23.8. The number of carbonyl (C=O) groups is 3. The highest BCUT2D eigenvalue weighted by Gasteiger charge is 2.39. The Labute approximate surface area is 238 Å². The minimum atomic E-state index is -0.333. The van der Waals surface area contributed by atoms with Gasteiger partial charge in [-0.1, -0.05) is 6.07 Å². The van der Waals surface area contributed by atoms with E-state index in [2.05, 4.69) is 15.5 Å². The van der Waals surface area contributed by atoms with Gasteiger partial charge in [-0.05, 0) is 55.5 Å². The molecule has 2 N–H and O–H groups in total. The molecule has 0 unspecified atom stereocenters. The predicted octanol–water partition coefficient (Wildman–Crippen LogP) is 2.54. The summed E-state index contributed by atoms with van der Waals surface area (Å²) in [5, 5.41) is 7.85. The molecule has 0 aliphatic carbocycles. The van der Waals surface area contributed by atoms with E-state index in [1.54, 1.807) is 30.1 Å². The molecule has 3 atom stereocenters. The maximum absolute atomic E-state index is 13.5. The summed E-state index contributed by atoms with van der Waals surface area (Å²) in [6, 6.07) is 8.81. The Hall–Kier alpha value is -2.99. The van der Waals surface area contributed by atoms with E-state index in [1.165, 1.54) is 11.3 Å². The summed E-state index contributed by atoms with van der Waals surface area (Å²) in [6.45, 7) is 5.32. The molecule has 2 aromatic rings. The Balaban J connectivity index is 1.12. The largest absolute Gasteiger partial charge is 0.490 e. The summed E-state index contributed by atoms with van der Waals surface area (Å²) in [7, 11) is 1.78. The zero-order chi connectivity index (χ0) is 27.9. The smallest absolute Gasteiger partial charge is 0.257 e. The minimum Gasteiger partial charge on any atom is -0.490 e. The number of nitrogens with one attached hydrogen (secondary N) is 2. The van der Waals surface area contributed by atoms with E-state index < -0.39 is 0 Å². The number of hydrogen-bond donors (Lipinski definition) is 2. The molecule has 2 saturated heterocycles. The second-order valence-electron chi connectivity index (χ2n) is 10.5. The maximum atomic E-state index is 13.5. The number of thiophene rings is 1. The van der Waals surface area contributed by atoms with Gasteiger partial charge in [-0.3, -0.25) is 19.3 Å². The van der Waals surface area contributed by atoms with E-state index >= 15 is 0 Å². The normalized spacial score (nSPS) is 23.3. The number of likely N-dealkylation sites (N-methyl/N-ethyl adjacent to an activating group) is 1. The molecule has 10 nitrogen and oxygen atoms in total. The highest BCUT2D eigenvalue weighted by molar-refractivity contribution is 7.10. The summed E-state index contributed by atoms with van der Waals surface area (Å²) in [5.74, 6) is 0.123. The number of ether oxygens (including phenoxy) is 3. The first-order valence-electron chi connectivity index (χ1n) is 14.0. The monoisotopic (exact) mass is 570 g/mol. The highest BCUT2D eigenvalue weighted by Crippen LogP contribution is 2.32. The van der Waals surface area contributed by atoms with Gasteiger partial charge >= 0.3 is 0 Å². The van der Waals surface area contributed by atoms with Crippen molar-refractivity contribution in [1.29, 1.82) is 0 Å². The van der Waals surface area contributed by atoms with Crippen molar-refractivity contribution in [3.05, 3.63) is 46.2 Å². The van der Waals surface area contributed by atoms with Crippen LogP contribution in [0.4, 0.5) is 5.69 Å². The Morgan fingerprint density at radius 1 is 1.12 bits per heavy atom. The molecule has 40 heavy (non-hydrogen) atoms. The molecule has 0 saturated carbocycles. The SMILES string of the molecule is CN1C(=O)c2cc(NC(=O)Cc3cccs3)ccc2OC[C@H]2O[C@H](CC(=O)NCCCN3CCOCC3)CC[C@@H]21. The molecule has 11 heteroatoms. The number of carbonyl (C=O) groups excluding carboxylic acids is 3. The van der Waals surface area contributed by atoms with Crippen molar-refractivity contribution in [1.82, 2.24) is 15.1 Å². The standard InChI is InChI=1S/C29H38N4O6S/c1-32-24-7-6-21(17-27(34)30-9-3-10-33-11-13-37-14-12-33)39-26(24)19-38-25-8-5-20(16-23(25)29(32)36)31-28(35)18-22-4-2-15-40-22/h2,4-5,8,15-16,21,24,26H,3,6-7,9-14,17-19H2,1H3,(H,30,34)(H,31,35)/t21-,24-,26+/m0/s1. The van der Waals surface area contributed by atoms with Gasteiger partial charge in [0, 0.05) is 37.2 Å². The van der Waals surface area contributed by atoms with Crippen LogP contribution >= 0.6 is 11.3 Å². The van der Waals surface area contributed by atoms with Crippen LogP contribution in [0.1, 0.15) is 40.9 Å². The molecule has 3 amide bonds. The number of morpholine rings is 1. The van der Waals surface area contributed by atoms with Crippen LogP contribution in [0.2, 0.25) is 0 Å². The van der Waals surface area contributed by atoms with E-state index in [0.29, 0.717) is 36.4 Å². The topological polar surface area (TPSA) is 109 Å². The lowest BCUT2D eigenvalue weighted by atomic mass is 9.94. The van der Waals surface area contributed by atoms with E-state index in [-0.39, 0.29) is 49.0 Å². The number of benzene rings is 1. The van der Waals surface area contributed by atoms with Gasteiger partial charge in [0.25, 0.3) is 5.91 Å². The zero-order valence-electron chi connectivity index (χ0n) is 22.9. The van der Waals surface area contributed by atoms with Crippen LogP contribution in [0.5, 0.6) is 5.75 Å². The number of rotatable bonds is 9. The highest BCUT2D eigenvalue weighted by atomic mass is 32.1. The third-order valence-electron chi connectivity index (χ3n) is 7.70. The molecule has 4 heterocycles. The van der Waals surface area contributed by atoms with E-state index in [9.17, 15) is 14.4 Å². The van der Waals surface area contributed by atoms with Crippen LogP contribution in [0.3, 0.4) is 0 Å². The Morgan fingerprint density at radius 2 is 1.98 bits per heavy atom.